The van der Waals surface area contributed by atoms with Crippen LogP contribution in [-0.2, 0) is 15.8 Å². The first-order valence-corrected chi connectivity index (χ1v) is 16.0. The number of pyridine rings is 1. The minimum absolute atomic E-state index is 0.0363. The predicted octanol–water partition coefficient (Wildman–Crippen LogP) is 4.35. The highest BCUT2D eigenvalue weighted by atomic mass is 79.9. The molecule has 1 atom stereocenters. The van der Waals surface area contributed by atoms with E-state index in [4.69, 9.17) is 13.9 Å². The average Bonchev–Trinajstić information content (AvgIpc) is 3.31. The van der Waals surface area contributed by atoms with E-state index in [9.17, 15) is 9.59 Å². The first kappa shape index (κ1) is 26.9. The smallest absolute Gasteiger partial charge is 0.278 e. The van der Waals surface area contributed by atoms with Gasteiger partial charge in [0.25, 0.3) is 5.91 Å². The Labute approximate surface area is 222 Å². The first-order chi connectivity index (χ1) is 16.9. The van der Waals surface area contributed by atoms with Gasteiger partial charge in [-0.2, -0.15) is 0 Å². The molecule has 1 saturated heterocycles. The van der Waals surface area contributed by atoms with E-state index in [0.717, 1.165) is 5.56 Å². The molecule has 4 rings (SSSR count). The molecule has 1 fully saturated rings. The van der Waals surface area contributed by atoms with Crippen molar-refractivity contribution in [2.75, 3.05) is 38.4 Å². The van der Waals surface area contributed by atoms with Gasteiger partial charge in [-0.25, -0.2) is 0 Å². The Hall–Kier alpha value is -2.14. The summed E-state index contributed by atoms with van der Waals surface area (Å²) in [5.74, 6) is -0.233. The molecule has 1 unspecified atom stereocenters. The molecule has 196 valence electrons. The third kappa shape index (κ3) is 4.76. The highest BCUT2D eigenvalue weighted by Gasteiger charge is 2.52. The van der Waals surface area contributed by atoms with E-state index in [-0.39, 0.29) is 34.4 Å². The van der Waals surface area contributed by atoms with Crippen LogP contribution in [0.5, 0.6) is 5.75 Å². The van der Waals surface area contributed by atoms with Crippen LogP contribution in [0.15, 0.2) is 45.8 Å². The number of amides is 1. The summed E-state index contributed by atoms with van der Waals surface area (Å²) in [5.41, 5.74) is 0.0977. The van der Waals surface area contributed by atoms with Crippen molar-refractivity contribution >= 4 is 30.2 Å². The zero-order valence-corrected chi connectivity index (χ0v) is 24.6. The van der Waals surface area contributed by atoms with E-state index in [2.05, 4.69) is 54.8 Å². The van der Waals surface area contributed by atoms with Crippen LogP contribution in [0, 0.1) is 0 Å². The third-order valence-electron chi connectivity index (χ3n) is 7.75. The molecule has 10 heteroatoms. The van der Waals surface area contributed by atoms with Gasteiger partial charge in [0.2, 0.25) is 5.43 Å². The number of carbonyl (C=O) groups is 1. The first-order valence-electron chi connectivity index (χ1n) is 12.3. The number of hydrogen-bond acceptors (Lipinski definition) is 6. The lowest BCUT2D eigenvalue weighted by Crippen LogP contribution is -2.70. The van der Waals surface area contributed by atoms with Gasteiger partial charge >= 0.3 is 0 Å². The number of likely N-dealkylation sites (N-methyl/N-ethyl adjacent to an activating group) is 1. The van der Waals surface area contributed by atoms with E-state index < -0.39 is 14.0 Å². The van der Waals surface area contributed by atoms with Crippen LogP contribution in [-0.4, -0.2) is 62.9 Å². The Morgan fingerprint density at radius 1 is 1.17 bits per heavy atom. The molecule has 0 radical (unpaired) electrons. The molecule has 36 heavy (non-hydrogen) atoms. The van der Waals surface area contributed by atoms with Crippen molar-refractivity contribution < 1.29 is 18.7 Å². The maximum Gasteiger partial charge on any atom is 0.278 e. The van der Waals surface area contributed by atoms with Crippen molar-refractivity contribution in [3.63, 3.8) is 0 Å². The molecule has 2 aliphatic rings. The topological polar surface area (TPSA) is 73.2 Å². The maximum atomic E-state index is 13.7. The number of fused-ring (bicyclic) bond motifs is 1. The van der Waals surface area contributed by atoms with Gasteiger partial charge in [0, 0.05) is 19.7 Å². The molecule has 0 bridgehead atoms. The van der Waals surface area contributed by atoms with Crippen LogP contribution < -0.4 is 15.2 Å². The zero-order chi connectivity index (χ0) is 26.3. The number of aromatic nitrogens is 1. The van der Waals surface area contributed by atoms with Crippen LogP contribution in [0.4, 0.5) is 0 Å². The molecule has 2 aromatic rings. The van der Waals surface area contributed by atoms with Crippen molar-refractivity contribution in [2.45, 2.75) is 57.6 Å². The SMILES string of the molecule is CN1C(=O)c2c(OCc3ccccc3)c(=O)c(Br)cn2N(CCO[Si](C)(C)C(C)(C)C)C12CCOC2. The Bertz CT molecular complexity index is 1170. The Morgan fingerprint density at radius 2 is 1.86 bits per heavy atom. The number of benzene rings is 1. The summed E-state index contributed by atoms with van der Waals surface area (Å²) >= 11 is 3.42. The fraction of sp³-hybridized carbons (Fsp3) is 0.538. The van der Waals surface area contributed by atoms with Crippen LogP contribution >= 0.6 is 15.9 Å². The van der Waals surface area contributed by atoms with E-state index in [1.165, 1.54) is 0 Å². The lowest BCUT2D eigenvalue weighted by molar-refractivity contribution is 0.0282. The number of nitrogens with zero attached hydrogens (tertiary/aromatic N) is 3. The molecular formula is C26H36BrN3O5Si. The van der Waals surface area contributed by atoms with E-state index in [1.807, 2.05) is 30.3 Å². The standard InChI is InChI=1S/C26H36BrN3O5Si/c1-25(2,3)36(5,6)35-15-13-30-26(12-14-33-18-26)28(4)24(32)21-23(22(31)20(27)16-29(21)30)34-17-19-10-8-7-9-11-19/h7-11,16H,12-15,17-18H2,1-6H3. The number of rotatable bonds is 7. The quantitative estimate of drug-likeness (QED) is 0.455. The predicted molar refractivity (Wildman–Crippen MR) is 146 cm³/mol. The molecule has 1 spiro atoms. The van der Waals surface area contributed by atoms with Crippen LogP contribution in [0.3, 0.4) is 0 Å². The molecule has 3 heterocycles. The number of carbonyl (C=O) groups excluding carboxylic acids is 1. The normalized spacial score (nSPS) is 20.2. The maximum absolute atomic E-state index is 13.7. The number of halogens is 1. The number of ether oxygens (including phenoxy) is 2. The molecule has 0 aliphatic carbocycles. The van der Waals surface area contributed by atoms with Gasteiger partial charge in [-0.3, -0.25) is 19.3 Å². The fourth-order valence-corrected chi connectivity index (χ4v) is 5.86. The summed E-state index contributed by atoms with van der Waals surface area (Å²) < 4.78 is 20.4. The molecule has 8 nitrogen and oxygen atoms in total. The Kier molecular flexibility index (Phi) is 7.45. The lowest BCUT2D eigenvalue weighted by atomic mass is 10.0. The fourth-order valence-electron chi connectivity index (χ4n) is 4.45. The highest BCUT2D eigenvalue weighted by molar-refractivity contribution is 9.10. The van der Waals surface area contributed by atoms with E-state index >= 15 is 0 Å². The average molecular weight is 579 g/mol. The summed E-state index contributed by atoms with van der Waals surface area (Å²) in [7, 11) is -0.202. The van der Waals surface area contributed by atoms with Crippen LogP contribution in [0.1, 0.15) is 43.2 Å². The second-order valence-electron chi connectivity index (χ2n) is 11.0. The largest absolute Gasteiger partial charge is 0.482 e. The number of hydrogen-bond donors (Lipinski definition) is 0. The lowest BCUT2D eigenvalue weighted by Gasteiger charge is -2.52. The highest BCUT2D eigenvalue weighted by Crippen LogP contribution is 2.38. The van der Waals surface area contributed by atoms with Crippen molar-refractivity contribution in [3.8, 4) is 5.75 Å². The minimum atomic E-state index is -1.98. The molecule has 1 aromatic carbocycles. The van der Waals surface area contributed by atoms with Gasteiger partial charge in [0.15, 0.2) is 25.4 Å². The molecule has 0 saturated carbocycles. The summed E-state index contributed by atoms with van der Waals surface area (Å²) in [4.78, 5) is 28.6. The van der Waals surface area contributed by atoms with Crippen molar-refractivity contribution in [1.29, 1.82) is 0 Å². The molecule has 1 amide bonds. The van der Waals surface area contributed by atoms with Gasteiger partial charge in [-0.15, -0.1) is 0 Å². The zero-order valence-electron chi connectivity index (χ0n) is 22.0. The second kappa shape index (κ2) is 9.96. The van der Waals surface area contributed by atoms with Crippen molar-refractivity contribution in [2.24, 2.45) is 0 Å². The summed E-state index contributed by atoms with van der Waals surface area (Å²) in [6, 6.07) is 9.59. The second-order valence-corrected chi connectivity index (χ2v) is 16.6. The molecule has 1 aromatic heterocycles. The molecule has 0 N–H and O–H groups in total. The van der Waals surface area contributed by atoms with Crippen molar-refractivity contribution in [1.82, 2.24) is 9.58 Å². The molecular weight excluding hydrogens is 542 g/mol. The summed E-state index contributed by atoms with van der Waals surface area (Å²) in [6.07, 6.45) is 2.32. The van der Waals surface area contributed by atoms with Gasteiger partial charge in [0.1, 0.15) is 6.61 Å². The Balaban J connectivity index is 1.74. The van der Waals surface area contributed by atoms with Gasteiger partial charge in [-0.1, -0.05) is 51.1 Å². The monoisotopic (exact) mass is 577 g/mol. The van der Waals surface area contributed by atoms with Gasteiger partial charge < -0.3 is 18.8 Å². The third-order valence-corrected chi connectivity index (χ3v) is 12.9. The van der Waals surface area contributed by atoms with Crippen molar-refractivity contribution in [3.05, 3.63) is 62.5 Å². The van der Waals surface area contributed by atoms with E-state index in [0.29, 0.717) is 37.3 Å². The van der Waals surface area contributed by atoms with Gasteiger partial charge in [-0.05, 0) is 39.6 Å². The molecule has 2 aliphatic heterocycles. The summed E-state index contributed by atoms with van der Waals surface area (Å²) in [6.45, 7) is 13.2. The summed E-state index contributed by atoms with van der Waals surface area (Å²) in [5, 5.41) is 2.18. The van der Waals surface area contributed by atoms with Crippen LogP contribution in [0.2, 0.25) is 18.1 Å². The van der Waals surface area contributed by atoms with Gasteiger partial charge in [0.05, 0.1) is 30.8 Å². The minimum Gasteiger partial charge on any atom is -0.482 e. The Morgan fingerprint density at radius 3 is 2.47 bits per heavy atom. The van der Waals surface area contributed by atoms with Crippen LogP contribution in [0.25, 0.3) is 0 Å². The van der Waals surface area contributed by atoms with E-state index in [1.54, 1.807) is 22.8 Å².